The number of aliphatic hydroxyl groups excluding tert-OH is 2. The molecule has 9 nitrogen and oxygen atoms in total. The number of rotatable bonds is 7. The fourth-order valence-electron chi connectivity index (χ4n) is 5.58. The molecular weight excluding hydrogens is 480 g/mol. The zero-order chi connectivity index (χ0) is 25.3. The number of amides is 1. The van der Waals surface area contributed by atoms with E-state index in [4.69, 9.17) is 10.1 Å². The van der Waals surface area contributed by atoms with Gasteiger partial charge in [0.25, 0.3) is 5.91 Å². The molecule has 1 spiro atoms. The zero-order valence-electron chi connectivity index (χ0n) is 20.3. The molecule has 1 saturated carbocycles. The summed E-state index contributed by atoms with van der Waals surface area (Å²) in [4.78, 5) is 17.7. The minimum atomic E-state index is -3.64. The highest BCUT2D eigenvalue weighted by molar-refractivity contribution is 7.92. The highest BCUT2D eigenvalue weighted by Crippen LogP contribution is 2.35. The lowest BCUT2D eigenvalue weighted by atomic mass is 9.88. The third-order valence-corrected chi connectivity index (χ3v) is 9.31. The Balaban J connectivity index is 1.24. The van der Waals surface area contributed by atoms with Crippen LogP contribution < -0.4 is 5.32 Å². The first-order valence-electron chi connectivity index (χ1n) is 12.8. The van der Waals surface area contributed by atoms with Gasteiger partial charge in [-0.1, -0.05) is 25.3 Å². The smallest absolute Gasteiger partial charge is 0.253 e. The molecule has 1 atom stereocenters. The number of carbonyl (C=O) groups is 1. The normalized spacial score (nSPS) is 22.4. The van der Waals surface area contributed by atoms with Gasteiger partial charge in [0.05, 0.1) is 19.3 Å². The number of hydrogen-bond donors (Lipinski definition) is 3. The number of aliphatic imine (C=N–C) groups is 1. The van der Waals surface area contributed by atoms with Crippen LogP contribution in [0.25, 0.3) is 17.0 Å². The highest BCUT2D eigenvalue weighted by atomic mass is 32.2. The fraction of sp³-hybridized carbons (Fsp3) is 0.538. The summed E-state index contributed by atoms with van der Waals surface area (Å²) in [6, 6.07) is 7.48. The number of benzene rings is 1. The Kier molecular flexibility index (Phi) is 7.04. The molecule has 10 heteroatoms. The fourth-order valence-corrected chi connectivity index (χ4v) is 6.77. The molecule has 1 aromatic carbocycles. The standard InChI is InChI=1S/C26H34N4O5S/c31-18-22(32)17-29-12-8-21-16-19(6-7-23(21)29)9-15-36(34,35)30-13-10-26(11-14-30)25(33)27-24(28-26)20-4-2-1-3-5-20/h6-9,12,15-16,20,22,31-32H,1-5,10-11,13-14,17-18H2,(H,27,28,33). The van der Waals surface area contributed by atoms with Gasteiger partial charge < -0.3 is 20.1 Å². The van der Waals surface area contributed by atoms with Crippen LogP contribution in [0.5, 0.6) is 0 Å². The van der Waals surface area contributed by atoms with E-state index in [0.717, 1.165) is 48.0 Å². The monoisotopic (exact) mass is 514 g/mol. The maximum Gasteiger partial charge on any atom is 0.253 e. The van der Waals surface area contributed by atoms with Gasteiger partial charge in [-0.2, -0.15) is 4.31 Å². The Morgan fingerprint density at radius 3 is 2.64 bits per heavy atom. The SMILES string of the molecule is O=C1NC(C2CCCCC2)=NC12CCN(S(=O)(=O)C=Cc1ccc3c(ccn3CC(O)CO)c1)CC2. The van der Waals surface area contributed by atoms with Gasteiger partial charge in [-0.25, -0.2) is 8.42 Å². The lowest BCUT2D eigenvalue weighted by Crippen LogP contribution is -2.50. The number of nitrogens with one attached hydrogen (secondary N) is 1. The van der Waals surface area contributed by atoms with Crippen LogP contribution in [0.2, 0.25) is 0 Å². The zero-order valence-corrected chi connectivity index (χ0v) is 21.2. The molecule has 2 aromatic rings. The van der Waals surface area contributed by atoms with Crippen LogP contribution in [-0.4, -0.2) is 70.6 Å². The van der Waals surface area contributed by atoms with Crippen LogP contribution in [0.4, 0.5) is 0 Å². The van der Waals surface area contributed by atoms with Crippen LogP contribution in [0, 0.1) is 5.92 Å². The third kappa shape index (κ3) is 5.00. The molecule has 2 aliphatic heterocycles. The second kappa shape index (κ2) is 10.1. The largest absolute Gasteiger partial charge is 0.394 e. The van der Waals surface area contributed by atoms with Crippen molar-refractivity contribution in [1.82, 2.24) is 14.2 Å². The Morgan fingerprint density at radius 2 is 1.92 bits per heavy atom. The molecular formula is C26H34N4O5S. The van der Waals surface area contributed by atoms with E-state index in [1.165, 1.54) is 16.1 Å². The molecule has 36 heavy (non-hydrogen) atoms. The average Bonchev–Trinajstić information content (AvgIpc) is 3.43. The Morgan fingerprint density at radius 1 is 1.17 bits per heavy atom. The maximum absolute atomic E-state index is 13.0. The third-order valence-electron chi connectivity index (χ3n) is 7.75. The number of sulfonamides is 1. The van der Waals surface area contributed by atoms with Gasteiger partial charge in [0.2, 0.25) is 10.0 Å². The first-order chi connectivity index (χ1) is 17.3. The van der Waals surface area contributed by atoms with E-state index in [9.17, 15) is 18.3 Å². The summed E-state index contributed by atoms with van der Waals surface area (Å²) in [5, 5.41) is 24.0. The summed E-state index contributed by atoms with van der Waals surface area (Å²) in [6.45, 7) is 0.492. The number of hydrogen-bond acceptors (Lipinski definition) is 6. The van der Waals surface area contributed by atoms with Crippen molar-refractivity contribution in [1.29, 1.82) is 0 Å². The maximum atomic E-state index is 13.0. The summed E-state index contributed by atoms with van der Waals surface area (Å²) in [5.74, 6) is 1.05. The summed E-state index contributed by atoms with van der Waals surface area (Å²) in [5.41, 5.74) is 0.813. The Hall–Kier alpha value is -2.53. The lowest BCUT2D eigenvalue weighted by molar-refractivity contribution is -0.125. The number of amidine groups is 1. The summed E-state index contributed by atoms with van der Waals surface area (Å²) in [6.07, 6.45) is 9.03. The van der Waals surface area contributed by atoms with Crippen molar-refractivity contribution in [3.63, 3.8) is 0 Å². The second-order valence-electron chi connectivity index (χ2n) is 10.2. The van der Waals surface area contributed by atoms with Gasteiger partial charge >= 0.3 is 0 Å². The molecule has 5 rings (SSSR count). The van der Waals surface area contributed by atoms with Crippen molar-refractivity contribution in [2.24, 2.45) is 10.9 Å². The first-order valence-corrected chi connectivity index (χ1v) is 14.3. The quantitative estimate of drug-likeness (QED) is 0.523. The van der Waals surface area contributed by atoms with E-state index in [2.05, 4.69) is 5.32 Å². The number of nitrogens with zero attached hydrogens (tertiary/aromatic N) is 3. The molecule has 0 radical (unpaired) electrons. The van der Waals surface area contributed by atoms with E-state index in [-0.39, 0.29) is 32.1 Å². The Bertz CT molecular complexity index is 1280. The van der Waals surface area contributed by atoms with Crippen molar-refractivity contribution < 1.29 is 23.4 Å². The lowest BCUT2D eigenvalue weighted by Gasteiger charge is -2.34. The van der Waals surface area contributed by atoms with Gasteiger partial charge in [0.1, 0.15) is 11.4 Å². The van der Waals surface area contributed by atoms with Gasteiger partial charge in [-0.15, -0.1) is 0 Å². The van der Waals surface area contributed by atoms with Crippen LogP contribution in [0.1, 0.15) is 50.5 Å². The van der Waals surface area contributed by atoms with Crippen molar-refractivity contribution in [3.8, 4) is 0 Å². The Labute approximate surface area is 211 Å². The second-order valence-corrected chi connectivity index (χ2v) is 12.0. The van der Waals surface area contributed by atoms with E-state index in [1.807, 2.05) is 35.0 Å². The van der Waals surface area contributed by atoms with Crippen LogP contribution >= 0.6 is 0 Å². The van der Waals surface area contributed by atoms with Gasteiger partial charge in [0, 0.05) is 41.5 Å². The number of piperidine rings is 1. The number of aliphatic hydroxyl groups is 2. The van der Waals surface area contributed by atoms with Gasteiger partial charge in [0.15, 0.2) is 0 Å². The summed E-state index contributed by atoms with van der Waals surface area (Å²) in [7, 11) is -3.64. The molecule has 1 saturated heterocycles. The average molecular weight is 515 g/mol. The van der Waals surface area contributed by atoms with E-state index in [1.54, 1.807) is 6.08 Å². The first kappa shape index (κ1) is 25.1. The highest BCUT2D eigenvalue weighted by Gasteiger charge is 2.48. The summed E-state index contributed by atoms with van der Waals surface area (Å²) < 4.78 is 29.3. The van der Waals surface area contributed by atoms with Gasteiger partial charge in [-0.3, -0.25) is 9.79 Å². The molecule has 3 N–H and O–H groups in total. The molecule has 194 valence electrons. The minimum Gasteiger partial charge on any atom is -0.394 e. The number of fused-ring (bicyclic) bond motifs is 1. The van der Waals surface area contributed by atoms with Crippen molar-refractivity contribution in [3.05, 3.63) is 41.4 Å². The number of carbonyl (C=O) groups excluding carboxylic acids is 1. The predicted molar refractivity (Wildman–Crippen MR) is 139 cm³/mol. The van der Waals surface area contributed by atoms with E-state index >= 15 is 0 Å². The van der Waals surface area contributed by atoms with Crippen LogP contribution in [0.15, 0.2) is 40.9 Å². The van der Waals surface area contributed by atoms with E-state index < -0.39 is 21.7 Å². The summed E-state index contributed by atoms with van der Waals surface area (Å²) >= 11 is 0. The predicted octanol–water partition coefficient (Wildman–Crippen LogP) is 2.24. The minimum absolute atomic E-state index is 0.0811. The molecule has 2 fully saturated rings. The van der Waals surface area contributed by atoms with Crippen LogP contribution in [0.3, 0.4) is 0 Å². The van der Waals surface area contributed by atoms with Crippen molar-refractivity contribution in [2.75, 3.05) is 19.7 Å². The van der Waals surface area contributed by atoms with Crippen molar-refractivity contribution >= 4 is 38.7 Å². The molecule has 1 unspecified atom stereocenters. The molecule has 3 aliphatic rings. The molecule has 1 amide bonds. The molecule has 0 bridgehead atoms. The topological polar surface area (TPSA) is 124 Å². The van der Waals surface area contributed by atoms with Crippen molar-refractivity contribution in [2.45, 2.75) is 63.1 Å². The number of aromatic nitrogens is 1. The van der Waals surface area contributed by atoms with Crippen LogP contribution in [-0.2, 0) is 21.4 Å². The molecule has 1 aromatic heterocycles. The molecule has 1 aliphatic carbocycles. The van der Waals surface area contributed by atoms with Gasteiger partial charge in [-0.05, 0) is 55.5 Å². The van der Waals surface area contributed by atoms with E-state index in [0.29, 0.717) is 18.8 Å². The molecule has 3 heterocycles.